The van der Waals surface area contributed by atoms with Crippen LogP contribution in [0.25, 0.3) is 0 Å². The molecule has 0 saturated heterocycles. The van der Waals surface area contributed by atoms with Crippen molar-refractivity contribution in [2.75, 3.05) is 13.1 Å². The second-order valence-electron chi connectivity index (χ2n) is 3.70. The van der Waals surface area contributed by atoms with Gasteiger partial charge in [-0.1, -0.05) is 13.8 Å². The first-order valence-electron chi connectivity index (χ1n) is 5.83. The predicted octanol–water partition coefficient (Wildman–Crippen LogP) is 1.79. The molecular weight excluding hydrogens is 204 g/mol. The lowest BCUT2D eigenvalue weighted by atomic mass is 10.2. The van der Waals surface area contributed by atoms with Crippen LogP contribution in [-0.4, -0.2) is 25.0 Å². The third-order valence-corrected chi connectivity index (χ3v) is 2.57. The molecule has 0 bridgehead atoms. The molecule has 0 aliphatic heterocycles. The van der Waals surface area contributed by atoms with Gasteiger partial charge in [0.25, 0.3) is 5.91 Å². The van der Waals surface area contributed by atoms with Gasteiger partial charge >= 0.3 is 0 Å². The van der Waals surface area contributed by atoms with Crippen molar-refractivity contribution < 1.29 is 9.21 Å². The Morgan fingerprint density at radius 2 is 2.12 bits per heavy atom. The molecule has 0 atom stereocenters. The molecule has 0 aliphatic carbocycles. The highest BCUT2D eigenvalue weighted by Gasteiger charge is 2.07. The van der Waals surface area contributed by atoms with E-state index >= 15 is 0 Å². The van der Waals surface area contributed by atoms with Crippen LogP contribution < -0.4 is 10.6 Å². The summed E-state index contributed by atoms with van der Waals surface area (Å²) in [6, 6.07) is 3.90. The zero-order chi connectivity index (χ0) is 11.8. The molecule has 0 unspecified atom stereocenters. The number of rotatable bonds is 7. The van der Waals surface area contributed by atoms with Crippen molar-refractivity contribution in [1.29, 1.82) is 0 Å². The number of carbonyl (C=O) groups excluding carboxylic acids is 1. The van der Waals surface area contributed by atoms with Crippen LogP contribution in [0.3, 0.4) is 0 Å². The molecule has 0 radical (unpaired) electrons. The zero-order valence-corrected chi connectivity index (χ0v) is 9.95. The molecule has 90 valence electrons. The summed E-state index contributed by atoms with van der Waals surface area (Å²) in [6.45, 7) is 5.72. The molecule has 1 amide bonds. The van der Waals surface area contributed by atoms with E-state index in [-0.39, 0.29) is 5.91 Å². The molecule has 4 nitrogen and oxygen atoms in total. The molecule has 1 aromatic heterocycles. The quantitative estimate of drug-likeness (QED) is 0.694. The van der Waals surface area contributed by atoms with E-state index in [1.807, 2.05) is 0 Å². The van der Waals surface area contributed by atoms with Gasteiger partial charge in [-0.05, 0) is 25.0 Å². The minimum absolute atomic E-state index is 0.156. The first-order valence-corrected chi connectivity index (χ1v) is 5.83. The molecule has 0 saturated carbocycles. The molecular formula is C12H20N2O2. The van der Waals surface area contributed by atoms with Gasteiger partial charge in [-0.25, -0.2) is 0 Å². The van der Waals surface area contributed by atoms with Crippen LogP contribution in [-0.2, 0) is 0 Å². The van der Waals surface area contributed by atoms with Gasteiger partial charge in [0.15, 0.2) is 5.76 Å². The van der Waals surface area contributed by atoms with E-state index in [0.717, 1.165) is 19.4 Å². The topological polar surface area (TPSA) is 54.3 Å². The molecule has 16 heavy (non-hydrogen) atoms. The van der Waals surface area contributed by atoms with Gasteiger partial charge in [-0.15, -0.1) is 0 Å². The maximum absolute atomic E-state index is 11.5. The Labute approximate surface area is 96.4 Å². The molecule has 4 heteroatoms. The van der Waals surface area contributed by atoms with Crippen molar-refractivity contribution >= 4 is 5.91 Å². The molecule has 2 N–H and O–H groups in total. The van der Waals surface area contributed by atoms with Crippen molar-refractivity contribution in [3.63, 3.8) is 0 Å². The fourth-order valence-corrected chi connectivity index (χ4v) is 1.52. The predicted molar refractivity (Wildman–Crippen MR) is 63.4 cm³/mol. The van der Waals surface area contributed by atoms with Gasteiger partial charge in [-0.3, -0.25) is 4.79 Å². The van der Waals surface area contributed by atoms with Crippen LogP contribution in [0.5, 0.6) is 0 Å². The van der Waals surface area contributed by atoms with E-state index in [4.69, 9.17) is 4.42 Å². The van der Waals surface area contributed by atoms with Crippen molar-refractivity contribution in [3.8, 4) is 0 Å². The lowest BCUT2D eigenvalue weighted by Crippen LogP contribution is -2.36. The molecule has 0 fully saturated rings. The second kappa shape index (κ2) is 7.06. The average Bonchev–Trinajstić information content (AvgIpc) is 2.82. The van der Waals surface area contributed by atoms with E-state index in [9.17, 15) is 4.79 Å². The number of nitrogens with one attached hydrogen (secondary N) is 2. The van der Waals surface area contributed by atoms with Gasteiger partial charge in [0.2, 0.25) is 0 Å². The van der Waals surface area contributed by atoms with Gasteiger partial charge in [-0.2, -0.15) is 0 Å². The zero-order valence-electron chi connectivity index (χ0n) is 9.95. The monoisotopic (exact) mass is 224 g/mol. The van der Waals surface area contributed by atoms with E-state index in [1.165, 1.54) is 6.26 Å². The number of amides is 1. The van der Waals surface area contributed by atoms with E-state index < -0.39 is 0 Å². The van der Waals surface area contributed by atoms with E-state index in [2.05, 4.69) is 24.5 Å². The smallest absolute Gasteiger partial charge is 0.287 e. The summed E-state index contributed by atoms with van der Waals surface area (Å²) in [7, 11) is 0. The Balaban J connectivity index is 2.14. The number of hydrogen-bond donors (Lipinski definition) is 2. The standard InChI is InChI=1S/C12H20N2O2/c1-3-10(4-2)13-7-8-14-12(15)11-6-5-9-16-11/h5-6,9-10,13H,3-4,7-8H2,1-2H3,(H,14,15). The maximum Gasteiger partial charge on any atom is 0.287 e. The highest BCUT2D eigenvalue weighted by atomic mass is 16.3. The largest absolute Gasteiger partial charge is 0.459 e. The minimum Gasteiger partial charge on any atom is -0.459 e. The van der Waals surface area contributed by atoms with Gasteiger partial charge in [0.1, 0.15) is 0 Å². The van der Waals surface area contributed by atoms with Gasteiger partial charge in [0, 0.05) is 19.1 Å². The maximum atomic E-state index is 11.5. The fourth-order valence-electron chi connectivity index (χ4n) is 1.52. The third kappa shape index (κ3) is 4.06. The first kappa shape index (κ1) is 12.8. The highest BCUT2D eigenvalue weighted by molar-refractivity contribution is 5.91. The summed E-state index contributed by atoms with van der Waals surface area (Å²) in [5.41, 5.74) is 0. The lowest BCUT2D eigenvalue weighted by molar-refractivity contribution is 0.0926. The third-order valence-electron chi connectivity index (χ3n) is 2.57. The summed E-state index contributed by atoms with van der Waals surface area (Å²) in [6.07, 6.45) is 3.72. The van der Waals surface area contributed by atoms with Crippen molar-refractivity contribution in [2.45, 2.75) is 32.7 Å². The van der Waals surface area contributed by atoms with Crippen LogP contribution in [0.4, 0.5) is 0 Å². The molecule has 0 spiro atoms. The number of carbonyl (C=O) groups is 1. The Bertz CT molecular complexity index is 292. The lowest BCUT2D eigenvalue weighted by Gasteiger charge is -2.14. The summed E-state index contributed by atoms with van der Waals surface area (Å²) in [5.74, 6) is 0.207. The number of hydrogen-bond acceptors (Lipinski definition) is 3. The summed E-state index contributed by atoms with van der Waals surface area (Å²) < 4.78 is 4.98. The minimum atomic E-state index is -0.156. The summed E-state index contributed by atoms with van der Waals surface area (Å²) in [5, 5.41) is 6.17. The van der Waals surface area contributed by atoms with Gasteiger partial charge in [0.05, 0.1) is 6.26 Å². The summed E-state index contributed by atoms with van der Waals surface area (Å²) in [4.78, 5) is 11.5. The SMILES string of the molecule is CCC(CC)NCCNC(=O)c1ccco1. The van der Waals surface area contributed by atoms with Gasteiger partial charge < -0.3 is 15.1 Å². The Hall–Kier alpha value is -1.29. The fraction of sp³-hybridized carbons (Fsp3) is 0.583. The van der Waals surface area contributed by atoms with Crippen LogP contribution in [0, 0.1) is 0 Å². The molecule has 0 aromatic carbocycles. The molecule has 1 heterocycles. The second-order valence-corrected chi connectivity index (χ2v) is 3.70. The van der Waals surface area contributed by atoms with E-state index in [1.54, 1.807) is 12.1 Å². The number of furan rings is 1. The Morgan fingerprint density at radius 1 is 1.38 bits per heavy atom. The highest BCUT2D eigenvalue weighted by Crippen LogP contribution is 1.98. The van der Waals surface area contributed by atoms with Crippen molar-refractivity contribution in [1.82, 2.24) is 10.6 Å². The normalized spacial score (nSPS) is 10.7. The van der Waals surface area contributed by atoms with Crippen molar-refractivity contribution in [2.24, 2.45) is 0 Å². The van der Waals surface area contributed by atoms with Crippen LogP contribution >= 0.6 is 0 Å². The van der Waals surface area contributed by atoms with Crippen LogP contribution in [0.2, 0.25) is 0 Å². The first-order chi connectivity index (χ1) is 7.77. The summed E-state index contributed by atoms with van der Waals surface area (Å²) >= 11 is 0. The van der Waals surface area contributed by atoms with Crippen LogP contribution in [0.1, 0.15) is 37.2 Å². The molecule has 1 aromatic rings. The molecule has 0 aliphatic rings. The average molecular weight is 224 g/mol. The Kier molecular flexibility index (Phi) is 5.64. The van der Waals surface area contributed by atoms with E-state index in [0.29, 0.717) is 18.3 Å². The van der Waals surface area contributed by atoms with Crippen molar-refractivity contribution in [3.05, 3.63) is 24.2 Å². The Morgan fingerprint density at radius 3 is 2.69 bits per heavy atom. The molecule has 1 rings (SSSR count). The van der Waals surface area contributed by atoms with Crippen LogP contribution in [0.15, 0.2) is 22.8 Å².